The molecule has 0 bridgehead atoms. The van der Waals surface area contributed by atoms with E-state index < -0.39 is 0 Å². The van der Waals surface area contributed by atoms with Crippen molar-refractivity contribution in [3.8, 4) is 5.75 Å². The Labute approximate surface area is 136 Å². The summed E-state index contributed by atoms with van der Waals surface area (Å²) >= 11 is 6.44. The molecule has 0 atom stereocenters. The molecule has 0 unspecified atom stereocenters. The van der Waals surface area contributed by atoms with Crippen molar-refractivity contribution in [2.75, 3.05) is 4.90 Å². The van der Waals surface area contributed by atoms with Gasteiger partial charge in [-0.15, -0.1) is 0 Å². The number of thiocarbonyl (C=S) groups is 1. The quantitative estimate of drug-likeness (QED) is 0.668. The molecular weight excluding hydrogens is 321 g/mol. The maximum Gasteiger partial charge on any atom is 0.270 e. The maximum absolute atomic E-state index is 12.9. The predicted molar refractivity (Wildman–Crippen MR) is 90.2 cm³/mol. The average molecular weight is 331 g/mol. The largest absolute Gasteiger partial charge is 0.508 e. The van der Waals surface area contributed by atoms with Gasteiger partial charge in [0.05, 0.1) is 10.6 Å². The zero-order valence-electron chi connectivity index (χ0n) is 11.2. The van der Waals surface area contributed by atoms with E-state index in [-0.39, 0.29) is 17.5 Å². The summed E-state index contributed by atoms with van der Waals surface area (Å²) in [4.78, 5) is 14.4. The number of benzene rings is 2. The van der Waals surface area contributed by atoms with Crippen LogP contribution in [0.25, 0.3) is 6.08 Å². The molecule has 1 fully saturated rings. The highest BCUT2D eigenvalue weighted by atomic mass is 32.2. The first-order chi connectivity index (χ1) is 10.5. The Kier molecular flexibility index (Phi) is 3.96. The Morgan fingerprint density at radius 3 is 2.36 bits per heavy atom. The monoisotopic (exact) mass is 331 g/mol. The lowest BCUT2D eigenvalue weighted by Gasteiger charge is -2.14. The van der Waals surface area contributed by atoms with Gasteiger partial charge in [0.15, 0.2) is 4.32 Å². The van der Waals surface area contributed by atoms with Crippen LogP contribution in [0.1, 0.15) is 5.56 Å². The van der Waals surface area contributed by atoms with Gasteiger partial charge in [0, 0.05) is 0 Å². The number of amides is 1. The number of halogens is 1. The molecule has 1 aliphatic heterocycles. The Hall–Kier alpha value is -2.18. The van der Waals surface area contributed by atoms with Crippen LogP contribution in [0.5, 0.6) is 5.75 Å². The molecule has 2 aromatic rings. The molecule has 2 aromatic carbocycles. The van der Waals surface area contributed by atoms with E-state index in [1.54, 1.807) is 30.3 Å². The van der Waals surface area contributed by atoms with Crippen LogP contribution < -0.4 is 4.90 Å². The number of hydrogen-bond donors (Lipinski definition) is 1. The first-order valence-corrected chi connectivity index (χ1v) is 7.59. The van der Waals surface area contributed by atoms with Crippen molar-refractivity contribution in [1.82, 2.24) is 0 Å². The third kappa shape index (κ3) is 2.88. The zero-order chi connectivity index (χ0) is 15.7. The molecule has 1 saturated heterocycles. The van der Waals surface area contributed by atoms with Crippen LogP contribution in [0.3, 0.4) is 0 Å². The van der Waals surface area contributed by atoms with E-state index in [2.05, 4.69) is 0 Å². The molecule has 0 aliphatic carbocycles. The van der Waals surface area contributed by atoms with E-state index in [9.17, 15) is 14.3 Å². The minimum Gasteiger partial charge on any atom is -0.508 e. The van der Waals surface area contributed by atoms with E-state index in [1.807, 2.05) is 0 Å². The van der Waals surface area contributed by atoms with Crippen LogP contribution in [0.15, 0.2) is 53.4 Å². The molecule has 22 heavy (non-hydrogen) atoms. The van der Waals surface area contributed by atoms with Crippen LogP contribution in [0, 0.1) is 5.82 Å². The van der Waals surface area contributed by atoms with Gasteiger partial charge < -0.3 is 5.11 Å². The Bertz CT molecular complexity index is 770. The van der Waals surface area contributed by atoms with E-state index in [0.717, 1.165) is 5.56 Å². The van der Waals surface area contributed by atoms with Gasteiger partial charge in [-0.3, -0.25) is 9.69 Å². The van der Waals surface area contributed by atoms with E-state index in [4.69, 9.17) is 12.2 Å². The Balaban J connectivity index is 1.91. The lowest BCUT2D eigenvalue weighted by molar-refractivity contribution is -0.113. The lowest BCUT2D eigenvalue weighted by atomic mass is 10.2. The van der Waals surface area contributed by atoms with Gasteiger partial charge in [-0.05, 0) is 48.0 Å². The molecule has 0 radical (unpaired) electrons. The van der Waals surface area contributed by atoms with Gasteiger partial charge in [0.25, 0.3) is 5.91 Å². The van der Waals surface area contributed by atoms with E-state index in [0.29, 0.717) is 14.9 Å². The molecule has 0 aromatic heterocycles. The van der Waals surface area contributed by atoms with Crippen molar-refractivity contribution < 1.29 is 14.3 Å². The molecule has 1 aliphatic rings. The van der Waals surface area contributed by atoms with Crippen molar-refractivity contribution in [3.05, 3.63) is 64.8 Å². The van der Waals surface area contributed by atoms with Crippen molar-refractivity contribution in [3.63, 3.8) is 0 Å². The van der Waals surface area contributed by atoms with Crippen molar-refractivity contribution in [2.24, 2.45) is 0 Å². The maximum atomic E-state index is 12.9. The molecular formula is C16H10FNO2S2. The smallest absolute Gasteiger partial charge is 0.270 e. The summed E-state index contributed by atoms with van der Waals surface area (Å²) in [6, 6.07) is 12.1. The Morgan fingerprint density at radius 2 is 1.73 bits per heavy atom. The summed E-state index contributed by atoms with van der Waals surface area (Å²) in [5.41, 5.74) is 1.33. The number of hydrogen-bond acceptors (Lipinski definition) is 4. The van der Waals surface area contributed by atoms with Gasteiger partial charge in [0.2, 0.25) is 0 Å². The van der Waals surface area contributed by atoms with Gasteiger partial charge in [-0.2, -0.15) is 0 Å². The van der Waals surface area contributed by atoms with Crippen molar-refractivity contribution in [2.45, 2.75) is 0 Å². The molecule has 110 valence electrons. The van der Waals surface area contributed by atoms with Crippen LogP contribution >= 0.6 is 24.0 Å². The number of carbonyl (C=O) groups excluding carboxylic acids is 1. The number of aromatic hydroxyl groups is 1. The number of nitrogens with zero attached hydrogens (tertiary/aromatic N) is 1. The minimum absolute atomic E-state index is 0.121. The second-order valence-electron chi connectivity index (χ2n) is 4.59. The van der Waals surface area contributed by atoms with Gasteiger partial charge in [-0.25, -0.2) is 4.39 Å². The second kappa shape index (κ2) is 5.90. The third-order valence-corrected chi connectivity index (χ3v) is 4.37. The summed E-state index contributed by atoms with van der Waals surface area (Å²) in [5, 5.41) is 9.32. The number of anilines is 1. The zero-order valence-corrected chi connectivity index (χ0v) is 12.8. The molecule has 0 spiro atoms. The number of phenolic OH excluding ortho intramolecular Hbond substituents is 1. The normalized spacial score (nSPS) is 16.6. The predicted octanol–water partition coefficient (Wildman–Crippen LogP) is 3.94. The fourth-order valence-corrected chi connectivity index (χ4v) is 3.30. The minimum atomic E-state index is -0.325. The second-order valence-corrected chi connectivity index (χ2v) is 6.26. The Morgan fingerprint density at radius 1 is 1.09 bits per heavy atom. The van der Waals surface area contributed by atoms with Crippen LogP contribution in [-0.2, 0) is 4.79 Å². The van der Waals surface area contributed by atoms with Crippen LogP contribution in [0.2, 0.25) is 0 Å². The molecule has 1 N–H and O–H groups in total. The molecule has 3 nitrogen and oxygen atoms in total. The van der Waals surface area contributed by atoms with Gasteiger partial charge in [-0.1, -0.05) is 36.1 Å². The highest BCUT2D eigenvalue weighted by molar-refractivity contribution is 8.27. The van der Waals surface area contributed by atoms with E-state index >= 15 is 0 Å². The van der Waals surface area contributed by atoms with E-state index in [1.165, 1.54) is 40.9 Å². The molecule has 3 rings (SSSR count). The van der Waals surface area contributed by atoms with Gasteiger partial charge in [0.1, 0.15) is 11.6 Å². The summed E-state index contributed by atoms with van der Waals surface area (Å²) < 4.78 is 13.3. The molecule has 1 amide bonds. The first kappa shape index (κ1) is 14.7. The third-order valence-electron chi connectivity index (χ3n) is 3.07. The molecule has 1 heterocycles. The summed E-state index contributed by atoms with van der Waals surface area (Å²) in [7, 11) is 0. The number of rotatable bonds is 2. The standard InChI is InChI=1S/C16H10FNO2S2/c17-11-3-1-10(2-4-11)9-14-15(20)18(16(21)22-14)12-5-7-13(19)8-6-12/h1-9,19H/b14-9+. The first-order valence-electron chi connectivity index (χ1n) is 6.37. The highest BCUT2D eigenvalue weighted by Gasteiger charge is 2.33. The summed E-state index contributed by atoms with van der Waals surface area (Å²) in [6.45, 7) is 0. The SMILES string of the molecule is O=C1/C(=C\c2ccc(F)cc2)SC(=S)N1c1ccc(O)cc1. The van der Waals surface area contributed by atoms with Gasteiger partial charge >= 0.3 is 0 Å². The number of thioether (sulfide) groups is 1. The molecule has 6 heteroatoms. The fourth-order valence-electron chi connectivity index (χ4n) is 2.00. The lowest BCUT2D eigenvalue weighted by Crippen LogP contribution is -2.27. The summed E-state index contributed by atoms with van der Waals surface area (Å²) in [6.07, 6.45) is 1.68. The average Bonchev–Trinajstić information content (AvgIpc) is 2.77. The highest BCUT2D eigenvalue weighted by Crippen LogP contribution is 2.36. The van der Waals surface area contributed by atoms with Crippen molar-refractivity contribution >= 4 is 46.0 Å². The van der Waals surface area contributed by atoms with Crippen LogP contribution in [-0.4, -0.2) is 15.3 Å². The topological polar surface area (TPSA) is 40.5 Å². The van der Waals surface area contributed by atoms with Crippen molar-refractivity contribution in [1.29, 1.82) is 0 Å². The summed E-state index contributed by atoms with van der Waals surface area (Å²) in [5.74, 6) is -0.435. The number of phenols is 1. The van der Waals surface area contributed by atoms with Crippen LogP contribution in [0.4, 0.5) is 10.1 Å². The fraction of sp³-hybridized carbons (Fsp3) is 0. The number of carbonyl (C=O) groups is 1. The molecule has 0 saturated carbocycles.